The van der Waals surface area contributed by atoms with E-state index in [0.717, 1.165) is 29.1 Å². The number of halogens is 1. The Morgan fingerprint density at radius 2 is 1.91 bits per heavy atom. The second-order valence-corrected chi connectivity index (χ2v) is 4.73. The first-order chi connectivity index (χ1) is 10.8. The normalized spacial score (nSPS) is 10.1. The van der Waals surface area contributed by atoms with Crippen molar-refractivity contribution in [2.75, 3.05) is 0 Å². The van der Waals surface area contributed by atoms with E-state index >= 15 is 0 Å². The molecule has 0 saturated heterocycles. The summed E-state index contributed by atoms with van der Waals surface area (Å²) < 4.78 is 14.7. The molecule has 0 fully saturated rings. The van der Waals surface area contributed by atoms with Gasteiger partial charge in [-0.05, 0) is 48.7 Å². The highest BCUT2D eigenvalue weighted by Crippen LogP contribution is 2.13. The van der Waals surface area contributed by atoms with Crippen LogP contribution < -0.4 is 0 Å². The average molecular weight is 291 g/mol. The molecule has 108 valence electrons. The number of benzene rings is 1. The zero-order valence-corrected chi connectivity index (χ0v) is 12.1. The Labute approximate surface area is 128 Å². The van der Waals surface area contributed by atoms with Gasteiger partial charge >= 0.3 is 0 Å². The number of rotatable bonds is 2. The molecular weight excluding hydrogens is 277 g/mol. The summed E-state index contributed by atoms with van der Waals surface area (Å²) in [6.45, 7) is 2.03. The number of nitrogens with zero attached hydrogens (tertiary/aromatic N) is 3. The number of hydrogen-bond acceptors (Lipinski definition) is 2. The predicted octanol–water partition coefficient (Wildman–Crippen LogP) is 3.37. The minimum absolute atomic E-state index is 0.262. The lowest BCUT2D eigenvalue weighted by Gasteiger charge is -1.99. The maximum atomic E-state index is 13.0. The molecule has 0 unspecified atom stereocenters. The summed E-state index contributed by atoms with van der Waals surface area (Å²) in [7, 11) is 0. The van der Waals surface area contributed by atoms with E-state index in [-0.39, 0.29) is 5.82 Å². The lowest BCUT2D eigenvalue weighted by atomic mass is 10.2. The lowest BCUT2D eigenvalue weighted by molar-refractivity contribution is 0.627. The van der Waals surface area contributed by atoms with Crippen LogP contribution in [0, 0.1) is 17.7 Å². The van der Waals surface area contributed by atoms with Crippen molar-refractivity contribution in [3.63, 3.8) is 0 Å². The number of pyridine rings is 1. The van der Waals surface area contributed by atoms with Crippen LogP contribution in [0.2, 0.25) is 0 Å². The first kappa shape index (κ1) is 14.0. The molecule has 0 aliphatic carbocycles. The third-order valence-corrected chi connectivity index (χ3v) is 3.21. The zero-order valence-electron chi connectivity index (χ0n) is 12.1. The summed E-state index contributed by atoms with van der Waals surface area (Å²) in [4.78, 5) is 4.18. The summed E-state index contributed by atoms with van der Waals surface area (Å²) in [5.41, 5.74) is 3.30. The molecule has 4 heteroatoms. The summed E-state index contributed by atoms with van der Waals surface area (Å²) in [6.07, 6.45) is 4.36. The molecule has 0 aliphatic heterocycles. The molecule has 0 saturated carbocycles. The summed E-state index contributed by atoms with van der Waals surface area (Å²) in [6, 6.07) is 11.8. The third kappa shape index (κ3) is 3.04. The largest absolute Gasteiger partial charge is 0.248 e. The van der Waals surface area contributed by atoms with Crippen LogP contribution in [0.25, 0.3) is 5.69 Å². The van der Waals surface area contributed by atoms with Gasteiger partial charge in [0.15, 0.2) is 0 Å². The van der Waals surface area contributed by atoms with Crippen molar-refractivity contribution in [3.05, 3.63) is 77.6 Å². The van der Waals surface area contributed by atoms with E-state index in [1.54, 1.807) is 23.0 Å². The Bertz CT molecular complexity index is 824. The standard InChI is InChI=1S/C18H14FN3/c1-2-18-14(6-9-16-5-3-4-12-20-16)13-22(21-18)17-10-7-15(19)8-11-17/h3-5,7-8,10-13H,2H2,1H3. The number of aryl methyl sites for hydroxylation is 1. The fraction of sp³-hybridized carbons (Fsp3) is 0.111. The molecule has 0 spiro atoms. The topological polar surface area (TPSA) is 30.7 Å². The highest BCUT2D eigenvalue weighted by molar-refractivity contribution is 5.43. The fourth-order valence-corrected chi connectivity index (χ4v) is 2.07. The maximum Gasteiger partial charge on any atom is 0.123 e. The van der Waals surface area contributed by atoms with Crippen molar-refractivity contribution in [3.8, 4) is 17.5 Å². The van der Waals surface area contributed by atoms with Crippen LogP contribution in [0.5, 0.6) is 0 Å². The van der Waals surface area contributed by atoms with Gasteiger partial charge < -0.3 is 0 Å². The van der Waals surface area contributed by atoms with Crippen molar-refractivity contribution in [2.24, 2.45) is 0 Å². The van der Waals surface area contributed by atoms with Crippen LogP contribution in [-0.4, -0.2) is 14.8 Å². The first-order valence-corrected chi connectivity index (χ1v) is 7.04. The SMILES string of the molecule is CCc1nn(-c2ccc(F)cc2)cc1C#Cc1ccccn1. The Kier molecular flexibility index (Phi) is 3.97. The molecular formula is C18H14FN3. The van der Waals surface area contributed by atoms with E-state index < -0.39 is 0 Å². The number of hydrogen-bond donors (Lipinski definition) is 0. The molecule has 3 nitrogen and oxygen atoms in total. The first-order valence-electron chi connectivity index (χ1n) is 7.04. The lowest BCUT2D eigenvalue weighted by Crippen LogP contribution is -1.95. The minimum atomic E-state index is -0.262. The van der Waals surface area contributed by atoms with Gasteiger partial charge in [-0.1, -0.05) is 18.9 Å². The molecule has 3 rings (SSSR count). The van der Waals surface area contributed by atoms with Crippen LogP contribution in [0.15, 0.2) is 54.9 Å². The monoisotopic (exact) mass is 291 g/mol. The van der Waals surface area contributed by atoms with Gasteiger partial charge in [-0.2, -0.15) is 5.10 Å². The molecule has 22 heavy (non-hydrogen) atoms. The Balaban J connectivity index is 1.95. The van der Waals surface area contributed by atoms with E-state index in [1.165, 1.54) is 12.1 Å². The van der Waals surface area contributed by atoms with Crippen LogP contribution in [0.3, 0.4) is 0 Å². The van der Waals surface area contributed by atoms with E-state index in [4.69, 9.17) is 0 Å². The molecule has 0 atom stereocenters. The van der Waals surface area contributed by atoms with E-state index in [2.05, 4.69) is 21.9 Å². The van der Waals surface area contributed by atoms with Gasteiger partial charge in [0.25, 0.3) is 0 Å². The predicted molar refractivity (Wildman–Crippen MR) is 83.1 cm³/mol. The van der Waals surface area contributed by atoms with Gasteiger partial charge in [-0.3, -0.25) is 0 Å². The molecule has 2 aromatic heterocycles. The van der Waals surface area contributed by atoms with Gasteiger partial charge in [0, 0.05) is 12.4 Å². The Morgan fingerprint density at radius 1 is 1.09 bits per heavy atom. The zero-order chi connectivity index (χ0) is 15.4. The molecule has 3 aromatic rings. The molecule has 2 heterocycles. The number of aromatic nitrogens is 3. The Hall–Kier alpha value is -2.93. The second kappa shape index (κ2) is 6.23. The average Bonchev–Trinajstić information content (AvgIpc) is 2.98. The van der Waals surface area contributed by atoms with Crippen LogP contribution in [0.1, 0.15) is 23.9 Å². The molecule has 0 aliphatic rings. The fourth-order valence-electron chi connectivity index (χ4n) is 2.07. The molecule has 0 bridgehead atoms. The molecule has 0 amide bonds. The van der Waals surface area contributed by atoms with Crippen molar-refractivity contribution >= 4 is 0 Å². The van der Waals surface area contributed by atoms with E-state index in [9.17, 15) is 4.39 Å². The summed E-state index contributed by atoms with van der Waals surface area (Å²) >= 11 is 0. The van der Waals surface area contributed by atoms with Gasteiger partial charge in [0.2, 0.25) is 0 Å². The Morgan fingerprint density at radius 3 is 2.59 bits per heavy atom. The molecule has 0 radical (unpaired) electrons. The van der Waals surface area contributed by atoms with Crippen LogP contribution >= 0.6 is 0 Å². The van der Waals surface area contributed by atoms with Gasteiger partial charge in [-0.25, -0.2) is 14.1 Å². The summed E-state index contributed by atoms with van der Waals surface area (Å²) in [5.74, 6) is 5.88. The molecule has 1 aromatic carbocycles. The van der Waals surface area contributed by atoms with E-state index in [1.807, 2.05) is 31.3 Å². The third-order valence-electron chi connectivity index (χ3n) is 3.21. The van der Waals surface area contributed by atoms with E-state index in [0.29, 0.717) is 0 Å². The minimum Gasteiger partial charge on any atom is -0.248 e. The van der Waals surface area contributed by atoms with Gasteiger partial charge in [0.1, 0.15) is 11.5 Å². The highest BCUT2D eigenvalue weighted by Gasteiger charge is 2.06. The van der Waals surface area contributed by atoms with Crippen molar-refractivity contribution < 1.29 is 4.39 Å². The van der Waals surface area contributed by atoms with Gasteiger partial charge in [0.05, 0.1) is 16.9 Å². The maximum absolute atomic E-state index is 13.0. The van der Waals surface area contributed by atoms with Crippen LogP contribution in [-0.2, 0) is 6.42 Å². The van der Waals surface area contributed by atoms with Crippen molar-refractivity contribution in [1.29, 1.82) is 0 Å². The van der Waals surface area contributed by atoms with Crippen LogP contribution in [0.4, 0.5) is 4.39 Å². The van der Waals surface area contributed by atoms with Crippen molar-refractivity contribution in [2.45, 2.75) is 13.3 Å². The van der Waals surface area contributed by atoms with Crippen molar-refractivity contribution in [1.82, 2.24) is 14.8 Å². The quantitative estimate of drug-likeness (QED) is 0.678. The highest BCUT2D eigenvalue weighted by atomic mass is 19.1. The molecule has 0 N–H and O–H groups in total. The van der Waals surface area contributed by atoms with Gasteiger partial charge in [-0.15, -0.1) is 0 Å². The second-order valence-electron chi connectivity index (χ2n) is 4.73. The summed E-state index contributed by atoms with van der Waals surface area (Å²) in [5, 5.41) is 4.51. The smallest absolute Gasteiger partial charge is 0.123 e.